The molecule has 21 heavy (non-hydrogen) atoms. The Kier molecular flexibility index (Phi) is 3.78. The maximum absolute atomic E-state index is 13.6. The molecule has 0 radical (unpaired) electrons. The molecule has 114 valence electrons. The van der Waals surface area contributed by atoms with Gasteiger partial charge in [0.05, 0.1) is 0 Å². The zero-order valence-electron chi connectivity index (χ0n) is 11.9. The fourth-order valence-electron chi connectivity index (χ4n) is 3.71. The van der Waals surface area contributed by atoms with E-state index in [-0.39, 0.29) is 23.7 Å². The van der Waals surface area contributed by atoms with Crippen molar-refractivity contribution >= 4 is 5.78 Å². The van der Waals surface area contributed by atoms with Crippen molar-refractivity contribution < 1.29 is 18.0 Å². The summed E-state index contributed by atoms with van der Waals surface area (Å²) in [7, 11) is 2.08. The standard InChI is InChI=1S/C16H18F3NO/c1-20-11-3-4-12(20)7-10(6-11)14(21)8-9-2-5-13(17)16(19)15(9)18/h2,5,10-12H,3-4,6-8H2,1H3. The van der Waals surface area contributed by atoms with Gasteiger partial charge in [0, 0.05) is 24.4 Å². The van der Waals surface area contributed by atoms with Gasteiger partial charge in [0.2, 0.25) is 0 Å². The number of rotatable bonds is 3. The number of fused-ring (bicyclic) bond motifs is 2. The minimum absolute atomic E-state index is 0.0508. The molecule has 0 saturated carbocycles. The van der Waals surface area contributed by atoms with E-state index in [2.05, 4.69) is 11.9 Å². The first-order chi connectivity index (χ1) is 9.97. The van der Waals surface area contributed by atoms with Crippen molar-refractivity contribution in [1.29, 1.82) is 0 Å². The van der Waals surface area contributed by atoms with E-state index < -0.39 is 17.5 Å². The van der Waals surface area contributed by atoms with Gasteiger partial charge in [0.25, 0.3) is 0 Å². The first-order valence-corrected chi connectivity index (χ1v) is 7.34. The van der Waals surface area contributed by atoms with E-state index in [4.69, 9.17) is 0 Å². The van der Waals surface area contributed by atoms with Crippen molar-refractivity contribution in [3.63, 3.8) is 0 Å². The number of piperidine rings is 1. The Morgan fingerprint density at radius 2 is 1.76 bits per heavy atom. The summed E-state index contributed by atoms with van der Waals surface area (Å²) in [6.07, 6.45) is 3.63. The molecule has 2 saturated heterocycles. The Labute approximate surface area is 121 Å². The molecule has 2 aliphatic heterocycles. The van der Waals surface area contributed by atoms with Crippen LogP contribution >= 0.6 is 0 Å². The average molecular weight is 297 g/mol. The van der Waals surface area contributed by atoms with Gasteiger partial charge in [-0.2, -0.15) is 0 Å². The van der Waals surface area contributed by atoms with Crippen molar-refractivity contribution in [3.8, 4) is 0 Å². The summed E-state index contributed by atoms with van der Waals surface area (Å²) in [5.74, 6) is -4.11. The van der Waals surface area contributed by atoms with E-state index in [0.717, 1.165) is 37.8 Å². The predicted molar refractivity (Wildman–Crippen MR) is 72.3 cm³/mol. The molecular weight excluding hydrogens is 279 g/mol. The van der Waals surface area contributed by atoms with Gasteiger partial charge in [-0.05, 0) is 44.4 Å². The van der Waals surface area contributed by atoms with Crippen LogP contribution in [-0.4, -0.2) is 29.8 Å². The monoisotopic (exact) mass is 297 g/mol. The van der Waals surface area contributed by atoms with Crippen LogP contribution in [0.5, 0.6) is 0 Å². The van der Waals surface area contributed by atoms with Crippen LogP contribution in [0.2, 0.25) is 0 Å². The highest BCUT2D eigenvalue weighted by Crippen LogP contribution is 2.38. The highest BCUT2D eigenvalue weighted by atomic mass is 19.2. The zero-order chi connectivity index (χ0) is 15.1. The summed E-state index contributed by atoms with van der Waals surface area (Å²) in [6, 6.07) is 2.88. The third-order valence-corrected chi connectivity index (χ3v) is 5.03. The summed E-state index contributed by atoms with van der Waals surface area (Å²) in [4.78, 5) is 14.7. The number of hydrogen-bond acceptors (Lipinski definition) is 2. The van der Waals surface area contributed by atoms with Crippen LogP contribution < -0.4 is 0 Å². The molecule has 1 aromatic carbocycles. The van der Waals surface area contributed by atoms with Crippen LogP contribution in [0.15, 0.2) is 12.1 Å². The Morgan fingerprint density at radius 3 is 2.38 bits per heavy atom. The Hall–Kier alpha value is -1.36. The molecule has 2 fully saturated rings. The van der Waals surface area contributed by atoms with E-state index >= 15 is 0 Å². The Morgan fingerprint density at radius 1 is 1.14 bits per heavy atom. The van der Waals surface area contributed by atoms with Crippen molar-refractivity contribution in [2.45, 2.75) is 44.2 Å². The lowest BCUT2D eigenvalue weighted by Crippen LogP contribution is -2.42. The number of carbonyl (C=O) groups is 1. The third-order valence-electron chi connectivity index (χ3n) is 5.03. The molecule has 0 aromatic heterocycles. The third kappa shape index (κ3) is 2.59. The number of nitrogens with zero attached hydrogens (tertiary/aromatic N) is 1. The summed E-state index contributed by atoms with van der Waals surface area (Å²) in [5.41, 5.74) is -0.0508. The van der Waals surface area contributed by atoms with Crippen molar-refractivity contribution in [2.24, 2.45) is 5.92 Å². The Balaban J connectivity index is 1.71. The molecule has 2 heterocycles. The molecule has 3 rings (SSSR count). The number of ketones is 1. The van der Waals surface area contributed by atoms with Gasteiger partial charge in [0.1, 0.15) is 5.78 Å². The van der Waals surface area contributed by atoms with Gasteiger partial charge in [-0.1, -0.05) is 6.07 Å². The fraction of sp³-hybridized carbons (Fsp3) is 0.562. The smallest absolute Gasteiger partial charge is 0.194 e. The average Bonchev–Trinajstić information content (AvgIpc) is 2.68. The van der Waals surface area contributed by atoms with Crippen molar-refractivity contribution in [3.05, 3.63) is 35.1 Å². The molecule has 0 amide bonds. The van der Waals surface area contributed by atoms with E-state index in [9.17, 15) is 18.0 Å². The van der Waals surface area contributed by atoms with E-state index in [0.29, 0.717) is 12.1 Å². The number of carbonyl (C=O) groups excluding carboxylic acids is 1. The van der Waals surface area contributed by atoms with Gasteiger partial charge in [-0.3, -0.25) is 4.79 Å². The van der Waals surface area contributed by atoms with Gasteiger partial charge < -0.3 is 4.90 Å². The minimum Gasteiger partial charge on any atom is -0.300 e. The second kappa shape index (κ2) is 5.44. The van der Waals surface area contributed by atoms with Gasteiger partial charge in [-0.15, -0.1) is 0 Å². The SMILES string of the molecule is CN1C2CCC1CC(C(=O)Cc1ccc(F)c(F)c1F)C2. The van der Waals surface area contributed by atoms with E-state index in [1.807, 2.05) is 0 Å². The first kappa shape index (κ1) is 14.6. The second-order valence-electron chi connectivity index (χ2n) is 6.20. The lowest BCUT2D eigenvalue weighted by molar-refractivity contribution is -0.124. The maximum Gasteiger partial charge on any atom is 0.194 e. The first-order valence-electron chi connectivity index (χ1n) is 7.34. The molecule has 2 atom stereocenters. The summed E-state index contributed by atoms with van der Waals surface area (Å²) in [6.45, 7) is 0. The molecule has 2 bridgehead atoms. The van der Waals surface area contributed by atoms with E-state index in [1.54, 1.807) is 0 Å². The second-order valence-corrected chi connectivity index (χ2v) is 6.20. The minimum atomic E-state index is -1.50. The van der Waals surface area contributed by atoms with Gasteiger partial charge in [0.15, 0.2) is 17.5 Å². The number of halogens is 3. The fourth-order valence-corrected chi connectivity index (χ4v) is 3.71. The number of hydrogen-bond donors (Lipinski definition) is 0. The van der Waals surface area contributed by atoms with Crippen LogP contribution in [0, 0.1) is 23.4 Å². The van der Waals surface area contributed by atoms with Gasteiger partial charge in [-0.25, -0.2) is 13.2 Å². The molecule has 2 unspecified atom stereocenters. The van der Waals surface area contributed by atoms with Crippen LogP contribution in [-0.2, 0) is 11.2 Å². The molecule has 2 nitrogen and oxygen atoms in total. The topological polar surface area (TPSA) is 20.3 Å². The predicted octanol–water partition coefficient (Wildman–Crippen LogP) is 3.09. The molecular formula is C16H18F3NO. The normalized spacial score (nSPS) is 28.9. The summed E-state index contributed by atoms with van der Waals surface area (Å²) >= 11 is 0. The zero-order valence-corrected chi connectivity index (χ0v) is 11.9. The molecule has 1 aromatic rings. The molecule has 0 spiro atoms. The highest BCUT2D eigenvalue weighted by molar-refractivity contribution is 5.83. The van der Waals surface area contributed by atoms with Crippen LogP contribution in [0.4, 0.5) is 13.2 Å². The molecule has 0 N–H and O–H groups in total. The largest absolute Gasteiger partial charge is 0.300 e. The van der Waals surface area contributed by atoms with Crippen LogP contribution in [0.25, 0.3) is 0 Å². The Bertz CT molecular complexity index is 561. The van der Waals surface area contributed by atoms with Gasteiger partial charge >= 0.3 is 0 Å². The summed E-state index contributed by atoms with van der Waals surface area (Å²) in [5, 5.41) is 0. The molecule has 0 aliphatic carbocycles. The van der Waals surface area contributed by atoms with Crippen LogP contribution in [0.3, 0.4) is 0 Å². The maximum atomic E-state index is 13.6. The van der Waals surface area contributed by atoms with E-state index in [1.165, 1.54) is 0 Å². The lowest BCUT2D eigenvalue weighted by atomic mass is 9.85. The summed E-state index contributed by atoms with van der Waals surface area (Å²) < 4.78 is 39.7. The van der Waals surface area contributed by atoms with Crippen molar-refractivity contribution in [1.82, 2.24) is 4.90 Å². The number of benzene rings is 1. The highest BCUT2D eigenvalue weighted by Gasteiger charge is 2.40. The van der Waals surface area contributed by atoms with Crippen LogP contribution in [0.1, 0.15) is 31.2 Å². The lowest BCUT2D eigenvalue weighted by Gasteiger charge is -2.35. The quantitative estimate of drug-likeness (QED) is 0.799. The van der Waals surface area contributed by atoms with Crippen molar-refractivity contribution in [2.75, 3.05) is 7.05 Å². The number of Topliss-reactive ketones (excluding diaryl/α,β-unsaturated/α-hetero) is 1. The molecule has 2 aliphatic rings. The molecule has 5 heteroatoms.